The van der Waals surface area contributed by atoms with E-state index in [1.165, 1.54) is 29.7 Å². The van der Waals surface area contributed by atoms with Gasteiger partial charge in [0.15, 0.2) is 0 Å². The number of hydrogen-bond acceptors (Lipinski definition) is 5. The highest BCUT2D eigenvalue weighted by atomic mass is 32.1. The largest absolute Gasteiger partial charge is 0.477 e. The van der Waals surface area contributed by atoms with Gasteiger partial charge in [-0.1, -0.05) is 0 Å². The number of pyridine rings is 1. The van der Waals surface area contributed by atoms with Crippen molar-refractivity contribution in [2.75, 3.05) is 11.9 Å². The zero-order valence-electron chi connectivity index (χ0n) is 10.4. The number of hydrogen-bond donors (Lipinski definition) is 3. The summed E-state index contributed by atoms with van der Waals surface area (Å²) < 4.78 is 0. The van der Waals surface area contributed by atoms with Crippen molar-refractivity contribution in [1.82, 2.24) is 15.3 Å². The Balaban J connectivity index is 1.77. The van der Waals surface area contributed by atoms with Gasteiger partial charge in [-0.3, -0.25) is 0 Å². The van der Waals surface area contributed by atoms with E-state index in [9.17, 15) is 9.59 Å². The molecule has 2 aromatic rings. The standard InChI is InChI=1S/C12H12N4O3S/c17-11(18)9-2-1-8(7-15-9)16-12(19)14-4-3-10-13-5-6-20-10/h1-2,5-7H,3-4H2,(H,17,18)(H2,14,16,19). The fourth-order valence-electron chi connectivity index (χ4n) is 1.43. The van der Waals surface area contributed by atoms with Gasteiger partial charge in [0.1, 0.15) is 5.69 Å². The Morgan fingerprint density at radius 3 is 2.75 bits per heavy atom. The molecule has 0 spiro atoms. The molecule has 2 rings (SSSR count). The molecule has 0 bridgehead atoms. The van der Waals surface area contributed by atoms with E-state index in [0.29, 0.717) is 18.7 Å². The number of carbonyl (C=O) groups excluding carboxylic acids is 1. The van der Waals surface area contributed by atoms with Crippen LogP contribution >= 0.6 is 11.3 Å². The number of nitrogens with zero attached hydrogens (tertiary/aromatic N) is 2. The van der Waals surface area contributed by atoms with Crippen molar-refractivity contribution in [2.24, 2.45) is 0 Å². The summed E-state index contributed by atoms with van der Waals surface area (Å²) in [7, 11) is 0. The molecule has 0 radical (unpaired) electrons. The van der Waals surface area contributed by atoms with Crippen LogP contribution in [0.15, 0.2) is 29.9 Å². The highest BCUT2D eigenvalue weighted by Crippen LogP contribution is 2.06. The summed E-state index contributed by atoms with van der Waals surface area (Å²) in [6, 6.07) is 2.44. The summed E-state index contributed by atoms with van der Waals surface area (Å²) in [5.74, 6) is -1.11. The number of urea groups is 1. The number of anilines is 1. The first kappa shape index (κ1) is 13.9. The maximum Gasteiger partial charge on any atom is 0.354 e. The van der Waals surface area contributed by atoms with E-state index >= 15 is 0 Å². The SMILES string of the molecule is O=C(NCCc1nccs1)Nc1ccc(C(=O)O)nc1. The number of nitrogens with one attached hydrogen (secondary N) is 2. The minimum absolute atomic E-state index is 0.0697. The number of carboxylic acid groups (broad SMARTS) is 1. The minimum atomic E-state index is -1.11. The molecule has 0 saturated carbocycles. The van der Waals surface area contributed by atoms with Crippen LogP contribution in [0.3, 0.4) is 0 Å². The summed E-state index contributed by atoms with van der Waals surface area (Å²) >= 11 is 1.53. The average Bonchev–Trinajstić information content (AvgIpc) is 2.92. The first-order valence-electron chi connectivity index (χ1n) is 5.78. The molecule has 2 heterocycles. The molecule has 0 atom stereocenters. The van der Waals surface area contributed by atoms with Crippen LogP contribution in [-0.2, 0) is 6.42 Å². The van der Waals surface area contributed by atoms with Gasteiger partial charge in [0.05, 0.1) is 16.9 Å². The number of carbonyl (C=O) groups is 2. The Morgan fingerprint density at radius 1 is 1.30 bits per heavy atom. The number of rotatable bonds is 5. The van der Waals surface area contributed by atoms with Crippen molar-refractivity contribution >= 4 is 29.0 Å². The third-order valence-electron chi connectivity index (χ3n) is 2.35. The van der Waals surface area contributed by atoms with Crippen molar-refractivity contribution in [1.29, 1.82) is 0 Å². The Labute approximate surface area is 118 Å². The van der Waals surface area contributed by atoms with E-state index in [4.69, 9.17) is 5.11 Å². The van der Waals surface area contributed by atoms with E-state index in [1.807, 2.05) is 5.38 Å². The van der Waals surface area contributed by atoms with Gasteiger partial charge in [0, 0.05) is 24.5 Å². The molecular weight excluding hydrogens is 280 g/mol. The molecule has 8 heteroatoms. The zero-order valence-corrected chi connectivity index (χ0v) is 11.2. The van der Waals surface area contributed by atoms with Crippen LogP contribution in [0.1, 0.15) is 15.5 Å². The third kappa shape index (κ3) is 4.02. The lowest BCUT2D eigenvalue weighted by atomic mass is 10.3. The molecule has 0 aliphatic rings. The Bertz CT molecular complexity index is 583. The quantitative estimate of drug-likeness (QED) is 0.776. The van der Waals surface area contributed by atoms with Crippen molar-refractivity contribution in [3.05, 3.63) is 40.6 Å². The molecule has 104 valence electrons. The molecule has 0 unspecified atom stereocenters. The first-order chi connectivity index (χ1) is 9.65. The second kappa shape index (κ2) is 6.62. The van der Waals surface area contributed by atoms with E-state index in [-0.39, 0.29) is 11.7 Å². The summed E-state index contributed by atoms with van der Waals surface area (Å²) in [5.41, 5.74) is 0.362. The summed E-state index contributed by atoms with van der Waals surface area (Å²) in [4.78, 5) is 30.0. The van der Waals surface area contributed by atoms with Crippen LogP contribution in [0.2, 0.25) is 0 Å². The molecule has 0 aliphatic carbocycles. The topological polar surface area (TPSA) is 104 Å². The van der Waals surface area contributed by atoms with Crippen LogP contribution in [-0.4, -0.2) is 33.6 Å². The number of thiazole rings is 1. The number of amides is 2. The normalized spacial score (nSPS) is 10.0. The monoisotopic (exact) mass is 292 g/mol. The molecule has 0 fully saturated rings. The predicted molar refractivity (Wildman–Crippen MR) is 74.0 cm³/mol. The summed E-state index contributed by atoms with van der Waals surface area (Å²) in [6.45, 7) is 0.472. The van der Waals surface area contributed by atoms with Crippen LogP contribution in [0, 0.1) is 0 Å². The number of carboxylic acids is 1. The molecule has 2 aromatic heterocycles. The molecule has 0 saturated heterocycles. The highest BCUT2D eigenvalue weighted by molar-refractivity contribution is 7.09. The second-order valence-electron chi connectivity index (χ2n) is 3.79. The Hall–Kier alpha value is -2.48. The lowest BCUT2D eigenvalue weighted by Crippen LogP contribution is -2.30. The molecular formula is C12H12N4O3S. The van der Waals surface area contributed by atoms with Crippen molar-refractivity contribution in [3.63, 3.8) is 0 Å². The lowest BCUT2D eigenvalue weighted by molar-refractivity contribution is 0.0690. The van der Waals surface area contributed by atoms with E-state index in [0.717, 1.165) is 5.01 Å². The summed E-state index contributed by atoms with van der Waals surface area (Å²) in [6.07, 6.45) is 3.68. The van der Waals surface area contributed by atoms with Gasteiger partial charge in [-0.2, -0.15) is 0 Å². The van der Waals surface area contributed by atoms with Gasteiger partial charge in [-0.15, -0.1) is 11.3 Å². The van der Waals surface area contributed by atoms with Crippen LogP contribution in [0.25, 0.3) is 0 Å². The van der Waals surface area contributed by atoms with E-state index in [2.05, 4.69) is 20.6 Å². The van der Waals surface area contributed by atoms with E-state index in [1.54, 1.807) is 6.20 Å². The fourth-order valence-corrected chi connectivity index (χ4v) is 2.05. The Morgan fingerprint density at radius 2 is 2.15 bits per heavy atom. The average molecular weight is 292 g/mol. The predicted octanol–water partition coefficient (Wildman–Crippen LogP) is 1.60. The Kier molecular flexibility index (Phi) is 4.61. The van der Waals surface area contributed by atoms with Gasteiger partial charge < -0.3 is 15.7 Å². The lowest BCUT2D eigenvalue weighted by Gasteiger charge is -2.06. The van der Waals surface area contributed by atoms with Crippen molar-refractivity contribution < 1.29 is 14.7 Å². The number of aromatic nitrogens is 2. The van der Waals surface area contributed by atoms with Gasteiger partial charge in [-0.05, 0) is 12.1 Å². The summed E-state index contributed by atoms with van der Waals surface area (Å²) in [5, 5.41) is 16.8. The van der Waals surface area contributed by atoms with Gasteiger partial charge in [-0.25, -0.2) is 19.6 Å². The molecule has 0 aromatic carbocycles. The van der Waals surface area contributed by atoms with E-state index < -0.39 is 5.97 Å². The number of aromatic carboxylic acids is 1. The second-order valence-corrected chi connectivity index (χ2v) is 4.77. The molecule has 2 amide bonds. The first-order valence-corrected chi connectivity index (χ1v) is 6.65. The van der Waals surface area contributed by atoms with Crippen molar-refractivity contribution in [3.8, 4) is 0 Å². The zero-order chi connectivity index (χ0) is 14.4. The smallest absolute Gasteiger partial charge is 0.354 e. The van der Waals surface area contributed by atoms with Crippen molar-refractivity contribution in [2.45, 2.75) is 6.42 Å². The van der Waals surface area contributed by atoms with Gasteiger partial charge in [0.25, 0.3) is 0 Å². The maximum absolute atomic E-state index is 11.6. The van der Waals surface area contributed by atoms with Gasteiger partial charge in [0.2, 0.25) is 0 Å². The van der Waals surface area contributed by atoms with Gasteiger partial charge >= 0.3 is 12.0 Å². The molecule has 0 aliphatic heterocycles. The minimum Gasteiger partial charge on any atom is -0.477 e. The van der Waals surface area contributed by atoms with Crippen LogP contribution < -0.4 is 10.6 Å². The molecule has 20 heavy (non-hydrogen) atoms. The fraction of sp³-hybridized carbons (Fsp3) is 0.167. The van der Waals surface area contributed by atoms with Crippen LogP contribution in [0.5, 0.6) is 0 Å². The molecule has 3 N–H and O–H groups in total. The third-order valence-corrected chi connectivity index (χ3v) is 3.19. The highest BCUT2D eigenvalue weighted by Gasteiger charge is 2.06. The molecule has 7 nitrogen and oxygen atoms in total. The maximum atomic E-state index is 11.6. The van der Waals surface area contributed by atoms with Crippen LogP contribution in [0.4, 0.5) is 10.5 Å².